The summed E-state index contributed by atoms with van der Waals surface area (Å²) < 4.78 is 0. The second-order valence-electron chi connectivity index (χ2n) is 6.08. The van der Waals surface area contributed by atoms with E-state index in [4.69, 9.17) is 0 Å². The number of imidazole rings is 1. The Balaban J connectivity index is 1.55. The highest BCUT2D eigenvalue weighted by atomic mass is 32.1. The molecule has 0 aliphatic rings. The van der Waals surface area contributed by atoms with Gasteiger partial charge in [-0.15, -0.1) is 11.3 Å². The van der Waals surface area contributed by atoms with Crippen molar-refractivity contribution in [2.45, 2.75) is 6.92 Å². The number of hydrogen-bond acceptors (Lipinski definition) is 3. The predicted molar refractivity (Wildman–Crippen MR) is 105 cm³/mol. The van der Waals surface area contributed by atoms with Crippen molar-refractivity contribution in [3.8, 4) is 11.5 Å². The van der Waals surface area contributed by atoms with Crippen LogP contribution in [0, 0.1) is 6.92 Å². The van der Waals surface area contributed by atoms with Crippen LogP contribution in [0.5, 0.6) is 0 Å². The number of nitrogens with one attached hydrogen (secondary N) is 3. The minimum Gasteiger partial charge on any atom is -0.307 e. The molecule has 0 atom stereocenters. The van der Waals surface area contributed by atoms with Crippen molar-refractivity contribution < 1.29 is 9.78 Å². The van der Waals surface area contributed by atoms with Gasteiger partial charge in [0.1, 0.15) is 0 Å². The van der Waals surface area contributed by atoms with Crippen LogP contribution in [0.4, 0.5) is 16.2 Å². The van der Waals surface area contributed by atoms with Crippen LogP contribution in [0.3, 0.4) is 0 Å². The van der Waals surface area contributed by atoms with E-state index in [9.17, 15) is 4.79 Å². The normalized spacial score (nSPS) is 10.8. The molecule has 2 amide bonds. The molecule has 3 N–H and O–H groups in total. The monoisotopic (exact) mass is 364 g/mol. The van der Waals surface area contributed by atoms with E-state index in [-0.39, 0.29) is 6.03 Å². The number of aromatic amines is 2. The molecule has 0 unspecified atom stereocenters. The SMILES string of the molecule is Cc1ccc(N(C)C(=O)Nc2ccc3[nH+]c(-c4cscn4)[nH]c3c2)cc1. The van der Waals surface area contributed by atoms with Crippen LogP contribution in [0.1, 0.15) is 5.56 Å². The van der Waals surface area contributed by atoms with E-state index in [1.165, 1.54) is 0 Å². The number of benzene rings is 2. The fourth-order valence-corrected chi connectivity index (χ4v) is 3.23. The molecular formula is C19H18N5OS+. The minimum absolute atomic E-state index is 0.191. The maximum absolute atomic E-state index is 12.5. The molecule has 0 aliphatic heterocycles. The van der Waals surface area contributed by atoms with Gasteiger partial charge in [-0.25, -0.2) is 19.7 Å². The first-order chi connectivity index (χ1) is 12.6. The van der Waals surface area contributed by atoms with E-state index in [2.05, 4.69) is 20.3 Å². The lowest BCUT2D eigenvalue weighted by Crippen LogP contribution is -2.31. The smallest absolute Gasteiger partial charge is 0.307 e. The molecule has 0 aliphatic carbocycles. The zero-order valence-corrected chi connectivity index (χ0v) is 15.2. The quantitative estimate of drug-likeness (QED) is 0.575. The average Bonchev–Trinajstić information content (AvgIpc) is 3.30. The molecule has 130 valence electrons. The first kappa shape index (κ1) is 16.3. The van der Waals surface area contributed by atoms with Crippen LogP contribution in [0.15, 0.2) is 53.4 Å². The average molecular weight is 364 g/mol. The number of anilines is 2. The number of carbonyl (C=O) groups is 1. The lowest BCUT2D eigenvalue weighted by molar-refractivity contribution is -0.330. The molecule has 2 heterocycles. The fourth-order valence-electron chi connectivity index (χ4n) is 2.69. The highest BCUT2D eigenvalue weighted by Gasteiger charge is 2.16. The zero-order chi connectivity index (χ0) is 18.1. The standard InChI is InChI=1S/C19H17N5OS/c1-12-3-6-14(7-4-12)24(2)19(25)21-13-5-8-15-16(9-13)23-18(22-15)17-10-26-11-20-17/h3-11H,1-2H3,(H,21,25)(H,22,23)/p+1. The van der Waals surface area contributed by atoms with Gasteiger partial charge >= 0.3 is 11.9 Å². The van der Waals surface area contributed by atoms with E-state index in [0.29, 0.717) is 0 Å². The van der Waals surface area contributed by atoms with Gasteiger partial charge in [0.25, 0.3) is 0 Å². The zero-order valence-electron chi connectivity index (χ0n) is 14.4. The Morgan fingerprint density at radius 3 is 2.77 bits per heavy atom. The number of urea groups is 1. The van der Waals surface area contributed by atoms with E-state index in [1.807, 2.05) is 54.8 Å². The topological polar surface area (TPSA) is 75.2 Å². The summed E-state index contributed by atoms with van der Waals surface area (Å²) in [4.78, 5) is 25.0. The summed E-state index contributed by atoms with van der Waals surface area (Å²) in [6, 6.07) is 13.4. The second kappa shape index (κ2) is 6.61. The van der Waals surface area contributed by atoms with Crippen molar-refractivity contribution in [1.82, 2.24) is 9.97 Å². The summed E-state index contributed by atoms with van der Waals surface area (Å²) >= 11 is 1.54. The number of amides is 2. The van der Waals surface area contributed by atoms with Gasteiger partial charge in [0.05, 0.1) is 5.51 Å². The second-order valence-corrected chi connectivity index (χ2v) is 6.80. The third kappa shape index (κ3) is 3.16. The van der Waals surface area contributed by atoms with Crippen molar-refractivity contribution in [1.29, 1.82) is 0 Å². The van der Waals surface area contributed by atoms with Gasteiger partial charge in [-0.05, 0) is 31.2 Å². The molecule has 6 nitrogen and oxygen atoms in total. The number of aryl methyl sites for hydroxylation is 1. The highest BCUT2D eigenvalue weighted by Crippen LogP contribution is 2.21. The Hall–Kier alpha value is -3.19. The van der Waals surface area contributed by atoms with Gasteiger partial charge in [0.2, 0.25) is 0 Å². The third-order valence-electron chi connectivity index (χ3n) is 4.20. The Morgan fingerprint density at radius 1 is 1.23 bits per heavy atom. The molecule has 0 saturated carbocycles. The molecule has 0 spiro atoms. The first-order valence-electron chi connectivity index (χ1n) is 8.15. The van der Waals surface area contributed by atoms with Gasteiger partial charge in [-0.2, -0.15) is 0 Å². The summed E-state index contributed by atoms with van der Waals surface area (Å²) in [7, 11) is 1.75. The molecule has 4 aromatic rings. The maximum Gasteiger partial charge on any atom is 0.326 e. The number of rotatable bonds is 3. The van der Waals surface area contributed by atoms with Crippen LogP contribution in [0.25, 0.3) is 22.6 Å². The Kier molecular flexibility index (Phi) is 4.14. The number of H-pyrrole nitrogens is 2. The number of thiazole rings is 1. The van der Waals surface area contributed by atoms with E-state index in [0.717, 1.165) is 39.5 Å². The number of fused-ring (bicyclic) bond motifs is 1. The van der Waals surface area contributed by atoms with Crippen LogP contribution >= 0.6 is 11.3 Å². The fraction of sp³-hybridized carbons (Fsp3) is 0.105. The molecule has 0 fully saturated rings. The molecule has 0 radical (unpaired) electrons. The third-order valence-corrected chi connectivity index (χ3v) is 4.79. The lowest BCUT2D eigenvalue weighted by Gasteiger charge is -2.18. The van der Waals surface area contributed by atoms with Crippen molar-refractivity contribution in [2.75, 3.05) is 17.3 Å². The summed E-state index contributed by atoms with van der Waals surface area (Å²) in [6.45, 7) is 2.02. The molecule has 2 aromatic heterocycles. The van der Waals surface area contributed by atoms with Crippen LogP contribution in [-0.4, -0.2) is 23.0 Å². The minimum atomic E-state index is -0.191. The molecule has 26 heavy (non-hydrogen) atoms. The van der Waals surface area contributed by atoms with Gasteiger partial charge in [-0.1, -0.05) is 17.7 Å². The Morgan fingerprint density at radius 2 is 2.04 bits per heavy atom. The van der Waals surface area contributed by atoms with Crippen LogP contribution < -0.4 is 15.2 Å². The maximum atomic E-state index is 12.5. The largest absolute Gasteiger partial charge is 0.326 e. The number of hydrogen-bond donors (Lipinski definition) is 2. The van der Waals surface area contributed by atoms with Crippen molar-refractivity contribution in [3.05, 3.63) is 58.9 Å². The van der Waals surface area contributed by atoms with E-state index >= 15 is 0 Å². The van der Waals surface area contributed by atoms with Crippen molar-refractivity contribution in [3.63, 3.8) is 0 Å². The van der Waals surface area contributed by atoms with Crippen molar-refractivity contribution >= 4 is 39.8 Å². The molecule has 0 bridgehead atoms. The Bertz CT molecular complexity index is 1050. The predicted octanol–water partition coefficient (Wildman–Crippen LogP) is 4.08. The van der Waals surface area contributed by atoms with E-state index < -0.39 is 0 Å². The number of aromatic nitrogens is 3. The number of carbonyl (C=O) groups excluding carboxylic acids is 1. The van der Waals surface area contributed by atoms with Gasteiger partial charge < -0.3 is 5.32 Å². The summed E-state index contributed by atoms with van der Waals surface area (Å²) in [5, 5.41) is 4.90. The highest BCUT2D eigenvalue weighted by molar-refractivity contribution is 7.07. The number of nitrogens with zero attached hydrogens (tertiary/aromatic N) is 2. The van der Waals surface area contributed by atoms with Gasteiger partial charge in [0, 0.05) is 29.9 Å². The summed E-state index contributed by atoms with van der Waals surface area (Å²) in [5.74, 6) is 0.849. The van der Waals surface area contributed by atoms with E-state index in [1.54, 1.807) is 28.8 Å². The summed E-state index contributed by atoms with van der Waals surface area (Å²) in [5.41, 5.74) is 7.25. The summed E-state index contributed by atoms with van der Waals surface area (Å²) in [6.07, 6.45) is 0. The molecule has 2 aromatic carbocycles. The Labute approximate surface area is 154 Å². The van der Waals surface area contributed by atoms with Gasteiger partial charge in [-0.3, -0.25) is 4.90 Å². The van der Waals surface area contributed by atoms with Crippen molar-refractivity contribution in [2.24, 2.45) is 0 Å². The molecular weight excluding hydrogens is 346 g/mol. The molecule has 7 heteroatoms. The van der Waals surface area contributed by atoms with Crippen LogP contribution in [0.2, 0.25) is 0 Å². The van der Waals surface area contributed by atoms with Gasteiger partial charge in [0.15, 0.2) is 16.7 Å². The lowest BCUT2D eigenvalue weighted by atomic mass is 10.2. The van der Waals surface area contributed by atoms with Crippen LogP contribution in [-0.2, 0) is 0 Å². The molecule has 4 rings (SSSR count). The first-order valence-corrected chi connectivity index (χ1v) is 9.09. The molecule has 0 saturated heterocycles.